The van der Waals surface area contributed by atoms with E-state index in [-0.39, 0.29) is 44.3 Å². The van der Waals surface area contributed by atoms with Crippen molar-refractivity contribution < 1.29 is 33.0 Å². The standard InChI is InChI=1S/C40H47Cl2N8O7/c1-5-29(4)50-38(51)49(25-44-50)33-9-7-31(8-10-33)46-16-18-47(19-17-46)32-11-13-34(14-12-32)53-21-35-22-55-40(57-35,36-15-6-30(41)20-37(36)42)23-48-26-45(24-43-48)27-54-39(52)56-28(2)3/h6-15,20,24-26,28-29,35H,5,16-19,21-23,27H2,1-4H3/q+1. The van der Waals surface area contributed by atoms with Crippen LogP contribution in [0.2, 0.25) is 10.0 Å². The van der Waals surface area contributed by atoms with E-state index in [1.807, 2.05) is 38.1 Å². The van der Waals surface area contributed by atoms with Gasteiger partial charge in [0.2, 0.25) is 18.8 Å². The van der Waals surface area contributed by atoms with Crippen LogP contribution < -0.4 is 24.8 Å². The summed E-state index contributed by atoms with van der Waals surface area (Å²) in [5.41, 5.74) is 3.50. The molecule has 302 valence electrons. The summed E-state index contributed by atoms with van der Waals surface area (Å²) in [6.07, 6.45) is 4.14. The Hall–Kier alpha value is -5.09. The highest BCUT2D eigenvalue weighted by Crippen LogP contribution is 2.40. The first-order chi connectivity index (χ1) is 27.5. The van der Waals surface area contributed by atoms with Crippen molar-refractivity contribution in [3.8, 4) is 11.4 Å². The first-order valence-corrected chi connectivity index (χ1v) is 19.8. The van der Waals surface area contributed by atoms with Gasteiger partial charge in [0.1, 0.15) is 24.8 Å². The van der Waals surface area contributed by atoms with Crippen molar-refractivity contribution in [2.75, 3.05) is 49.2 Å². The maximum Gasteiger partial charge on any atom is 0.511 e. The Balaban J connectivity index is 0.925. The third kappa shape index (κ3) is 9.39. The third-order valence-electron chi connectivity index (χ3n) is 9.98. The summed E-state index contributed by atoms with van der Waals surface area (Å²) in [5, 5.41) is 9.58. The van der Waals surface area contributed by atoms with Crippen molar-refractivity contribution in [3.63, 3.8) is 0 Å². The number of hydrogen-bond donors (Lipinski definition) is 0. The molecule has 0 N–H and O–H groups in total. The molecule has 2 aliphatic rings. The highest BCUT2D eigenvalue weighted by Gasteiger charge is 2.47. The van der Waals surface area contributed by atoms with E-state index in [0.29, 0.717) is 21.4 Å². The Morgan fingerprint density at radius 3 is 2.26 bits per heavy atom. The predicted molar refractivity (Wildman–Crippen MR) is 213 cm³/mol. The van der Waals surface area contributed by atoms with Crippen LogP contribution in [-0.4, -0.2) is 81.9 Å². The maximum absolute atomic E-state index is 12.8. The summed E-state index contributed by atoms with van der Waals surface area (Å²) in [4.78, 5) is 29.4. The van der Waals surface area contributed by atoms with Crippen molar-refractivity contribution in [3.05, 3.63) is 112 Å². The molecule has 0 spiro atoms. The van der Waals surface area contributed by atoms with Crippen molar-refractivity contribution in [2.45, 2.75) is 71.4 Å². The minimum atomic E-state index is -1.29. The number of carbonyl (C=O) groups is 1. The van der Waals surface area contributed by atoms with Gasteiger partial charge in [-0.25, -0.2) is 23.4 Å². The molecule has 4 heterocycles. The zero-order valence-corrected chi connectivity index (χ0v) is 33.9. The van der Waals surface area contributed by atoms with Crippen LogP contribution in [0.3, 0.4) is 0 Å². The number of rotatable bonds is 14. The molecule has 3 unspecified atom stereocenters. The number of benzene rings is 3. The van der Waals surface area contributed by atoms with Crippen LogP contribution in [0.4, 0.5) is 16.2 Å². The summed E-state index contributed by atoms with van der Waals surface area (Å²) >= 11 is 12.9. The Morgan fingerprint density at radius 1 is 0.947 bits per heavy atom. The van der Waals surface area contributed by atoms with Crippen LogP contribution in [0.15, 0.2) is 90.5 Å². The van der Waals surface area contributed by atoms with Gasteiger partial charge < -0.3 is 33.5 Å². The topological polar surface area (TPSA) is 131 Å². The molecule has 57 heavy (non-hydrogen) atoms. The molecule has 15 nitrogen and oxygen atoms in total. The molecule has 17 heteroatoms. The molecule has 3 aromatic carbocycles. The van der Waals surface area contributed by atoms with Crippen LogP contribution in [0.25, 0.3) is 5.69 Å². The van der Waals surface area contributed by atoms with Gasteiger partial charge in [-0.15, -0.1) is 4.68 Å². The number of ether oxygens (including phenoxy) is 5. The van der Waals surface area contributed by atoms with Crippen molar-refractivity contribution in [2.24, 2.45) is 0 Å². The van der Waals surface area contributed by atoms with Gasteiger partial charge in [0.25, 0.3) is 6.33 Å². The van der Waals surface area contributed by atoms with E-state index < -0.39 is 18.0 Å². The normalized spacial score (nSPS) is 18.9. The van der Waals surface area contributed by atoms with Gasteiger partial charge in [-0.3, -0.25) is 0 Å². The van der Waals surface area contributed by atoms with Gasteiger partial charge in [0.05, 0.1) is 29.5 Å². The average Bonchev–Trinajstić information content (AvgIpc) is 3.95. The van der Waals surface area contributed by atoms with Gasteiger partial charge in [0.15, 0.2) is 6.54 Å². The fraction of sp³-hybridized carbons (Fsp3) is 0.425. The van der Waals surface area contributed by atoms with E-state index in [0.717, 1.165) is 49.7 Å². The highest BCUT2D eigenvalue weighted by molar-refractivity contribution is 6.35. The number of aromatic nitrogens is 6. The molecule has 0 bridgehead atoms. The van der Waals surface area contributed by atoms with Gasteiger partial charge >= 0.3 is 11.8 Å². The second kappa shape index (κ2) is 17.6. The fourth-order valence-corrected chi connectivity index (χ4v) is 7.34. The Bertz CT molecular complexity index is 2180. The highest BCUT2D eigenvalue weighted by atomic mass is 35.5. The van der Waals surface area contributed by atoms with Crippen LogP contribution in [0.5, 0.6) is 5.75 Å². The first kappa shape index (κ1) is 40.1. The molecule has 2 saturated heterocycles. The van der Waals surface area contributed by atoms with Gasteiger partial charge in [-0.05, 0) is 87.9 Å². The van der Waals surface area contributed by atoms with E-state index in [1.165, 1.54) is 11.0 Å². The first-order valence-electron chi connectivity index (χ1n) is 19.0. The van der Waals surface area contributed by atoms with Gasteiger partial charge in [-0.1, -0.05) is 36.2 Å². The summed E-state index contributed by atoms with van der Waals surface area (Å²) in [6.45, 7) is 11.5. The maximum atomic E-state index is 12.8. The quantitative estimate of drug-likeness (QED) is 0.0968. The van der Waals surface area contributed by atoms with E-state index in [9.17, 15) is 9.59 Å². The molecule has 2 aliphatic heterocycles. The monoisotopic (exact) mass is 821 g/mol. The molecular weight excluding hydrogens is 775 g/mol. The number of piperazine rings is 1. The van der Waals surface area contributed by atoms with Crippen molar-refractivity contribution >= 4 is 40.7 Å². The lowest BCUT2D eigenvalue weighted by Crippen LogP contribution is -2.46. The van der Waals surface area contributed by atoms with Crippen LogP contribution in [0.1, 0.15) is 45.7 Å². The lowest BCUT2D eigenvalue weighted by molar-refractivity contribution is -0.728. The fourth-order valence-electron chi connectivity index (χ4n) is 6.79. The smallest absolute Gasteiger partial charge is 0.491 e. The van der Waals surface area contributed by atoms with Crippen molar-refractivity contribution in [1.29, 1.82) is 0 Å². The number of carbonyl (C=O) groups excluding carboxylic acids is 1. The molecule has 0 aliphatic carbocycles. The zero-order valence-electron chi connectivity index (χ0n) is 32.4. The minimum Gasteiger partial charge on any atom is -0.491 e. The van der Waals surface area contributed by atoms with E-state index >= 15 is 0 Å². The SMILES string of the molecule is CCC(C)n1ncn(-c2ccc(N3CCN(c4ccc(OCC5COC(Cn6c[n+](COC(=O)OC(C)C)cn6)(c6ccc(Cl)cc6Cl)O5)cc4)CC3)cc2)c1=O. The lowest BCUT2D eigenvalue weighted by atomic mass is 10.1. The molecule has 3 atom stereocenters. The van der Waals surface area contributed by atoms with E-state index in [4.69, 9.17) is 46.9 Å². The second-order valence-corrected chi connectivity index (χ2v) is 15.2. The van der Waals surface area contributed by atoms with E-state index in [2.05, 4.69) is 44.3 Å². The third-order valence-corrected chi connectivity index (χ3v) is 10.5. The number of halogens is 2. The molecule has 7 rings (SSSR count). The zero-order chi connectivity index (χ0) is 40.1. The summed E-state index contributed by atoms with van der Waals surface area (Å²) < 4.78 is 35.6. The van der Waals surface area contributed by atoms with Crippen LogP contribution in [0, 0.1) is 0 Å². The summed E-state index contributed by atoms with van der Waals surface area (Å²) in [7, 11) is 0. The second-order valence-electron chi connectivity index (χ2n) is 14.4. The Kier molecular flexibility index (Phi) is 12.4. The van der Waals surface area contributed by atoms with E-state index in [1.54, 1.807) is 58.5 Å². The number of anilines is 2. The molecule has 5 aromatic rings. The molecule has 2 fully saturated rings. The number of nitrogens with zero attached hydrogens (tertiary/aromatic N) is 8. The molecule has 2 aromatic heterocycles. The largest absolute Gasteiger partial charge is 0.511 e. The van der Waals surface area contributed by atoms with Crippen molar-refractivity contribution in [1.82, 2.24) is 24.1 Å². The summed E-state index contributed by atoms with van der Waals surface area (Å²) in [5.74, 6) is -0.581. The Labute approximate surface area is 340 Å². The molecular formula is C40H47Cl2N8O7+. The molecule has 0 saturated carbocycles. The molecule has 0 amide bonds. The molecule has 0 radical (unpaired) electrons. The number of hydrogen-bond acceptors (Lipinski definition) is 11. The lowest BCUT2D eigenvalue weighted by Gasteiger charge is -2.37. The minimum absolute atomic E-state index is 0.0517. The van der Waals surface area contributed by atoms with Gasteiger partial charge in [-0.2, -0.15) is 5.10 Å². The Morgan fingerprint density at radius 2 is 1.61 bits per heavy atom. The van der Waals surface area contributed by atoms with Gasteiger partial charge in [0, 0.05) is 53.2 Å². The summed E-state index contributed by atoms with van der Waals surface area (Å²) in [6, 6.07) is 21.3. The van der Waals surface area contributed by atoms with Crippen LogP contribution in [-0.2, 0) is 38.0 Å². The average molecular weight is 823 g/mol. The predicted octanol–water partition coefficient (Wildman–Crippen LogP) is 5.99. The van der Waals surface area contributed by atoms with Crippen LogP contribution >= 0.6 is 23.2 Å².